The van der Waals surface area contributed by atoms with Crippen LogP contribution in [-0.2, 0) is 18.6 Å². The highest BCUT2D eigenvalue weighted by Crippen LogP contribution is 2.59. The van der Waals surface area contributed by atoms with Crippen LogP contribution in [-0.4, -0.2) is 100 Å². The molecule has 0 aliphatic carbocycles. The third kappa shape index (κ3) is 8.15. The Bertz CT molecular complexity index is 2150. The van der Waals surface area contributed by atoms with Crippen molar-refractivity contribution < 1.29 is 37.5 Å². The largest absolute Gasteiger partial charge is 0.484 e. The first-order chi connectivity index (χ1) is 27.9. The van der Waals surface area contributed by atoms with Gasteiger partial charge in [-0.05, 0) is 31.0 Å². The number of benzene rings is 3. The van der Waals surface area contributed by atoms with Crippen LogP contribution in [0.4, 0.5) is 10.3 Å². The molecule has 0 spiro atoms. The molecule has 2 N–H and O–H groups in total. The molecule has 296 valence electrons. The zero-order valence-corrected chi connectivity index (χ0v) is 33.2. The Hall–Kier alpha value is -4.85. The van der Waals surface area contributed by atoms with Crippen LogP contribution in [0.5, 0.6) is 11.6 Å². The number of nitrogens with zero attached hydrogens (tertiary/aromatic N) is 6. The van der Waals surface area contributed by atoms with E-state index >= 15 is 4.39 Å². The molecule has 3 aromatic carbocycles. The van der Waals surface area contributed by atoms with Crippen LogP contribution in [0.3, 0.4) is 0 Å². The molecule has 2 aromatic heterocycles. The maximum atomic E-state index is 16.8. The van der Waals surface area contributed by atoms with Gasteiger partial charge in [-0.3, -0.25) is 14.7 Å². The van der Waals surface area contributed by atoms with Gasteiger partial charge in [0.15, 0.2) is 30.2 Å². The van der Waals surface area contributed by atoms with Crippen molar-refractivity contribution in [3.8, 4) is 17.7 Å². The first kappa shape index (κ1) is 39.0. The number of hydrogen-bond donors (Lipinski definition) is 2. The summed E-state index contributed by atoms with van der Waals surface area (Å²) < 4.78 is 51.3. The lowest BCUT2D eigenvalue weighted by Gasteiger charge is -2.32. The fourth-order valence-corrected chi connectivity index (χ4v) is 13.8. The van der Waals surface area contributed by atoms with Crippen molar-refractivity contribution in [2.24, 2.45) is 0 Å². The average molecular weight is 812 g/mol. The molecule has 3 fully saturated rings. The number of fused-ring (bicyclic) bond motifs is 2. The van der Waals surface area contributed by atoms with E-state index in [4.69, 9.17) is 28.5 Å². The minimum absolute atomic E-state index is 0.00544. The highest BCUT2D eigenvalue weighted by atomic mass is 31.2. The number of alkyl halides is 1. The van der Waals surface area contributed by atoms with E-state index < -0.39 is 53.7 Å². The van der Waals surface area contributed by atoms with Gasteiger partial charge in [-0.1, -0.05) is 95.8 Å². The van der Waals surface area contributed by atoms with Crippen molar-refractivity contribution in [3.05, 3.63) is 97.3 Å². The van der Waals surface area contributed by atoms with Crippen molar-refractivity contribution in [1.82, 2.24) is 24.2 Å². The van der Waals surface area contributed by atoms with Crippen LogP contribution in [0.25, 0.3) is 11.2 Å². The van der Waals surface area contributed by atoms with E-state index in [9.17, 15) is 9.90 Å². The third-order valence-corrected chi connectivity index (χ3v) is 16.9. The number of ether oxygens (including phenoxy) is 3. The molecule has 57 heavy (non-hydrogen) atoms. The van der Waals surface area contributed by atoms with Crippen molar-refractivity contribution >= 4 is 50.0 Å². The second-order valence-corrected chi connectivity index (χ2v) is 20.0. The monoisotopic (exact) mass is 811 g/mol. The predicted molar refractivity (Wildman–Crippen MR) is 212 cm³/mol. The average Bonchev–Trinajstić information content (AvgIpc) is 4.03. The van der Waals surface area contributed by atoms with Crippen LogP contribution in [0.2, 0.25) is 12.6 Å². The van der Waals surface area contributed by atoms with Gasteiger partial charge in [0.25, 0.3) is 14.4 Å². The standard InChI is InChI=1S/C40H43FN7O7PSi/c1-57(28-15-7-3-8-16-28,29-17-9-4-10-18-29)25-32-30-19-11-21-48(30)56(54-32)55-36-31(23-49)53-39(34(36)41)47-26-43-35-37(47)45-40(46-38(35)51-22-12-20-42)44-33(50)24-52-27-13-5-2-6-14-27/h2-10,13-18,26,30-32,34,36,39,49H,11-12,19,21-25H2,1H3,(H,44,45,46,50)/t30-,31+,32+,34-,36?,39+,56+/m0/s1. The minimum Gasteiger partial charge on any atom is -0.484 e. The molecule has 0 saturated carbocycles. The zero-order valence-electron chi connectivity index (χ0n) is 31.3. The number of imidazole rings is 1. The molecule has 14 nitrogen and oxygen atoms in total. The number of amides is 1. The fourth-order valence-electron chi connectivity index (χ4n) is 7.83. The van der Waals surface area contributed by atoms with Crippen molar-refractivity contribution in [2.45, 2.75) is 68.6 Å². The highest BCUT2D eigenvalue weighted by Gasteiger charge is 2.54. The second-order valence-electron chi connectivity index (χ2n) is 14.4. The van der Waals surface area contributed by atoms with Crippen LogP contribution < -0.4 is 25.2 Å². The lowest BCUT2D eigenvalue weighted by Crippen LogP contribution is -2.58. The highest BCUT2D eigenvalue weighted by molar-refractivity contribution is 7.45. The number of nitriles is 1. The van der Waals surface area contributed by atoms with E-state index in [-0.39, 0.29) is 54.8 Å². The number of carbonyl (C=O) groups is 1. The Kier molecular flexibility index (Phi) is 11.9. The quantitative estimate of drug-likeness (QED) is 0.0850. The smallest absolute Gasteiger partial charge is 0.264 e. The molecule has 8 rings (SSSR count). The summed E-state index contributed by atoms with van der Waals surface area (Å²) >= 11 is 0. The molecule has 7 atom stereocenters. The Morgan fingerprint density at radius 1 is 1.04 bits per heavy atom. The van der Waals surface area contributed by atoms with Gasteiger partial charge < -0.3 is 28.4 Å². The predicted octanol–water partition coefficient (Wildman–Crippen LogP) is 4.73. The maximum Gasteiger partial charge on any atom is 0.264 e. The Morgan fingerprint density at radius 2 is 1.74 bits per heavy atom. The number of aliphatic hydroxyl groups is 1. The number of anilines is 1. The Labute approximate surface area is 331 Å². The van der Waals surface area contributed by atoms with E-state index in [0.29, 0.717) is 5.75 Å². The van der Waals surface area contributed by atoms with Gasteiger partial charge in [-0.15, -0.1) is 0 Å². The first-order valence-electron chi connectivity index (χ1n) is 19.0. The van der Waals surface area contributed by atoms with Crippen LogP contribution in [0, 0.1) is 11.3 Å². The summed E-state index contributed by atoms with van der Waals surface area (Å²) in [6, 6.07) is 33.0. The van der Waals surface area contributed by atoms with Gasteiger partial charge in [0.1, 0.15) is 32.6 Å². The van der Waals surface area contributed by atoms with E-state index in [1.807, 2.05) is 24.3 Å². The van der Waals surface area contributed by atoms with E-state index in [1.165, 1.54) is 21.3 Å². The van der Waals surface area contributed by atoms with Gasteiger partial charge in [0.2, 0.25) is 11.8 Å². The summed E-state index contributed by atoms with van der Waals surface area (Å²) in [5.41, 5.74) is 0.275. The second kappa shape index (κ2) is 17.3. The van der Waals surface area contributed by atoms with Gasteiger partial charge in [-0.2, -0.15) is 15.2 Å². The molecule has 3 saturated heterocycles. The fraction of sp³-hybridized carbons (Fsp3) is 0.375. The van der Waals surface area contributed by atoms with Crippen molar-refractivity contribution in [3.63, 3.8) is 0 Å². The first-order valence-corrected chi connectivity index (χ1v) is 22.8. The molecule has 3 aliphatic heterocycles. The lowest BCUT2D eigenvalue weighted by molar-refractivity contribution is -0.118. The molecule has 1 unspecified atom stereocenters. The molecule has 5 heterocycles. The summed E-state index contributed by atoms with van der Waals surface area (Å²) in [5.74, 6) is -0.198. The van der Waals surface area contributed by atoms with Crippen LogP contribution in [0.15, 0.2) is 97.3 Å². The molecule has 5 aromatic rings. The third-order valence-electron chi connectivity index (χ3n) is 10.7. The summed E-state index contributed by atoms with van der Waals surface area (Å²) in [5, 5.41) is 24.8. The van der Waals surface area contributed by atoms with E-state index in [1.54, 1.807) is 24.3 Å². The maximum absolute atomic E-state index is 16.8. The van der Waals surface area contributed by atoms with Crippen molar-refractivity contribution in [1.29, 1.82) is 5.26 Å². The molecule has 0 radical (unpaired) electrons. The number of carbonyl (C=O) groups excluding carboxylic acids is 1. The normalized spacial score (nSPS) is 24.6. The summed E-state index contributed by atoms with van der Waals surface area (Å²) in [6.07, 6.45) is -2.06. The SMILES string of the molecule is C[Si](C[C@H]1O[P@](OC2[C@@H](CO)O[C@@H](n3cnc4c(OCCC#N)nc(NC(=O)COc5ccccc5)nc43)[C@H]2F)N2CCC[C@@H]12)(c1ccccc1)c1ccccc1. The van der Waals surface area contributed by atoms with Gasteiger partial charge >= 0.3 is 0 Å². The number of para-hydroxylation sites is 1. The lowest BCUT2D eigenvalue weighted by atomic mass is 10.1. The van der Waals surface area contributed by atoms with Gasteiger partial charge in [0, 0.05) is 12.6 Å². The molecule has 1 amide bonds. The van der Waals surface area contributed by atoms with Crippen molar-refractivity contribution in [2.75, 3.05) is 31.7 Å². The van der Waals surface area contributed by atoms with E-state index in [2.05, 4.69) is 80.0 Å². The summed E-state index contributed by atoms with van der Waals surface area (Å²) in [7, 11) is -3.95. The van der Waals surface area contributed by atoms with Crippen LogP contribution in [0.1, 0.15) is 25.5 Å². The molecule has 17 heteroatoms. The Morgan fingerprint density at radius 3 is 2.42 bits per heavy atom. The molecular weight excluding hydrogens is 769 g/mol. The number of rotatable bonds is 15. The zero-order chi connectivity index (χ0) is 39.4. The number of aliphatic hydroxyl groups excluding tert-OH is 1. The Balaban J connectivity index is 1.02. The number of nitrogens with one attached hydrogen (secondary N) is 1. The number of halogens is 1. The number of aromatic nitrogens is 4. The summed E-state index contributed by atoms with van der Waals surface area (Å²) in [6.45, 7) is 2.31. The van der Waals surface area contributed by atoms with Gasteiger partial charge in [-0.25, -0.2) is 14.0 Å². The summed E-state index contributed by atoms with van der Waals surface area (Å²) in [4.78, 5) is 26.1. The molecule has 0 bridgehead atoms. The topological polar surface area (TPSA) is 166 Å². The molecule has 3 aliphatic rings. The van der Waals surface area contributed by atoms with Crippen LogP contribution >= 0.6 is 8.53 Å². The van der Waals surface area contributed by atoms with Gasteiger partial charge in [0.05, 0.1) is 31.5 Å². The van der Waals surface area contributed by atoms with E-state index in [0.717, 1.165) is 25.4 Å². The number of hydrogen-bond acceptors (Lipinski definition) is 12. The molecular formula is C40H43FN7O7PSi. The minimum atomic E-state index is -2.28.